The molecular formula is C18H16N2O4S2. The SMILES string of the molecule is O=C(CCCN1C(=O)C(=Cc2ccco2)SC1=S)Nc1ccc(O)cc1. The normalized spacial score (nSPS) is 15.7. The number of nitrogens with zero attached hydrogens (tertiary/aromatic N) is 1. The van der Waals surface area contributed by atoms with Crippen molar-refractivity contribution in [2.24, 2.45) is 0 Å². The predicted octanol–water partition coefficient (Wildman–Crippen LogP) is 3.61. The molecule has 2 heterocycles. The van der Waals surface area contributed by atoms with Gasteiger partial charge in [0.15, 0.2) is 0 Å². The topological polar surface area (TPSA) is 82.8 Å². The van der Waals surface area contributed by atoms with Crippen molar-refractivity contribution in [2.45, 2.75) is 12.8 Å². The number of carbonyl (C=O) groups is 2. The fraction of sp³-hybridized carbons (Fsp3) is 0.167. The minimum absolute atomic E-state index is 0.139. The smallest absolute Gasteiger partial charge is 0.266 e. The van der Waals surface area contributed by atoms with E-state index in [1.807, 2.05) is 0 Å². The van der Waals surface area contributed by atoms with E-state index in [1.165, 1.54) is 28.8 Å². The molecule has 6 nitrogen and oxygen atoms in total. The molecule has 2 aromatic rings. The molecule has 1 fully saturated rings. The van der Waals surface area contributed by atoms with E-state index in [2.05, 4.69) is 5.32 Å². The van der Waals surface area contributed by atoms with E-state index in [0.717, 1.165) is 0 Å². The van der Waals surface area contributed by atoms with Gasteiger partial charge in [-0.15, -0.1) is 0 Å². The number of thioether (sulfide) groups is 1. The molecule has 2 amide bonds. The number of nitrogens with one attached hydrogen (secondary N) is 1. The highest BCUT2D eigenvalue weighted by Crippen LogP contribution is 2.32. The molecule has 0 spiro atoms. The van der Waals surface area contributed by atoms with Crippen molar-refractivity contribution in [3.63, 3.8) is 0 Å². The van der Waals surface area contributed by atoms with Gasteiger partial charge >= 0.3 is 0 Å². The highest BCUT2D eigenvalue weighted by molar-refractivity contribution is 8.26. The van der Waals surface area contributed by atoms with Crippen molar-refractivity contribution in [2.75, 3.05) is 11.9 Å². The maximum Gasteiger partial charge on any atom is 0.266 e. The van der Waals surface area contributed by atoms with Crippen LogP contribution in [0.25, 0.3) is 6.08 Å². The van der Waals surface area contributed by atoms with E-state index >= 15 is 0 Å². The number of amides is 2. The molecule has 0 bridgehead atoms. The zero-order valence-corrected chi connectivity index (χ0v) is 15.3. The van der Waals surface area contributed by atoms with Gasteiger partial charge in [0, 0.05) is 24.7 Å². The summed E-state index contributed by atoms with van der Waals surface area (Å²) in [6, 6.07) is 9.75. The zero-order valence-electron chi connectivity index (χ0n) is 13.7. The first-order chi connectivity index (χ1) is 12.5. The Labute approximate surface area is 159 Å². The minimum Gasteiger partial charge on any atom is -0.508 e. The van der Waals surface area contributed by atoms with Crippen molar-refractivity contribution in [3.05, 3.63) is 53.3 Å². The molecular weight excluding hydrogens is 372 g/mol. The fourth-order valence-electron chi connectivity index (χ4n) is 2.36. The van der Waals surface area contributed by atoms with Crippen LogP contribution >= 0.6 is 24.0 Å². The van der Waals surface area contributed by atoms with E-state index in [4.69, 9.17) is 16.6 Å². The minimum atomic E-state index is -0.171. The molecule has 1 aromatic carbocycles. The average Bonchev–Trinajstić information content (AvgIpc) is 3.21. The van der Waals surface area contributed by atoms with Crippen molar-refractivity contribution < 1.29 is 19.1 Å². The predicted molar refractivity (Wildman–Crippen MR) is 105 cm³/mol. The number of anilines is 1. The van der Waals surface area contributed by atoms with E-state index in [9.17, 15) is 14.7 Å². The van der Waals surface area contributed by atoms with Crippen LogP contribution < -0.4 is 5.32 Å². The molecule has 3 rings (SSSR count). The lowest BCUT2D eigenvalue weighted by Gasteiger charge is -2.14. The lowest BCUT2D eigenvalue weighted by Crippen LogP contribution is -2.29. The highest BCUT2D eigenvalue weighted by atomic mass is 32.2. The largest absolute Gasteiger partial charge is 0.508 e. The molecule has 0 atom stereocenters. The lowest BCUT2D eigenvalue weighted by atomic mass is 10.2. The molecule has 1 aromatic heterocycles. The first-order valence-electron chi connectivity index (χ1n) is 7.91. The molecule has 0 aliphatic carbocycles. The molecule has 8 heteroatoms. The number of thiocarbonyl (C=S) groups is 1. The zero-order chi connectivity index (χ0) is 18.5. The second kappa shape index (κ2) is 8.20. The Morgan fingerprint density at radius 2 is 2.08 bits per heavy atom. The molecule has 1 aliphatic rings. The summed E-state index contributed by atoms with van der Waals surface area (Å²) in [5.41, 5.74) is 0.611. The third kappa shape index (κ3) is 4.53. The second-order valence-corrected chi connectivity index (χ2v) is 7.22. The summed E-state index contributed by atoms with van der Waals surface area (Å²) in [7, 11) is 0. The Balaban J connectivity index is 1.50. The van der Waals surface area contributed by atoms with Crippen molar-refractivity contribution in [3.8, 4) is 5.75 Å². The van der Waals surface area contributed by atoms with Gasteiger partial charge in [-0.1, -0.05) is 24.0 Å². The van der Waals surface area contributed by atoms with E-state index in [1.54, 1.807) is 36.6 Å². The molecule has 134 valence electrons. The van der Waals surface area contributed by atoms with Gasteiger partial charge in [-0.3, -0.25) is 14.5 Å². The number of phenols is 1. The third-order valence-corrected chi connectivity index (χ3v) is 5.00. The van der Waals surface area contributed by atoms with E-state index in [-0.39, 0.29) is 24.0 Å². The summed E-state index contributed by atoms with van der Waals surface area (Å²) >= 11 is 6.49. The standard InChI is InChI=1S/C18H16N2O4S2/c21-13-7-5-12(6-8-13)19-16(22)4-1-9-20-17(23)15(26-18(20)25)11-14-3-2-10-24-14/h2-3,5-8,10-11,21H,1,4,9H2,(H,19,22). The molecule has 0 unspecified atom stereocenters. The van der Waals surface area contributed by atoms with Crippen molar-refractivity contribution in [1.29, 1.82) is 0 Å². The van der Waals surface area contributed by atoms with Crippen LogP contribution in [0, 0.1) is 0 Å². The molecule has 1 saturated heterocycles. The Morgan fingerprint density at radius 3 is 2.77 bits per heavy atom. The maximum absolute atomic E-state index is 12.4. The Hall–Kier alpha value is -2.58. The quantitative estimate of drug-likeness (QED) is 0.447. The van der Waals surface area contributed by atoms with Gasteiger partial charge in [0.05, 0.1) is 11.2 Å². The van der Waals surface area contributed by atoms with Gasteiger partial charge in [-0.05, 0) is 42.8 Å². The summed E-state index contributed by atoms with van der Waals surface area (Å²) in [5.74, 6) is 0.404. The van der Waals surface area contributed by atoms with Crippen LogP contribution in [0.3, 0.4) is 0 Å². The van der Waals surface area contributed by atoms with Gasteiger partial charge in [0.1, 0.15) is 15.8 Å². The van der Waals surface area contributed by atoms with Crippen molar-refractivity contribution in [1.82, 2.24) is 4.90 Å². The van der Waals surface area contributed by atoms with Gasteiger partial charge in [0.2, 0.25) is 5.91 Å². The molecule has 0 saturated carbocycles. The van der Waals surface area contributed by atoms with Crippen LogP contribution in [0.2, 0.25) is 0 Å². The average molecular weight is 388 g/mol. The van der Waals surface area contributed by atoms with Gasteiger partial charge in [-0.2, -0.15) is 0 Å². The number of aromatic hydroxyl groups is 1. The van der Waals surface area contributed by atoms with Gasteiger partial charge < -0.3 is 14.8 Å². The van der Waals surface area contributed by atoms with Crippen LogP contribution in [-0.2, 0) is 9.59 Å². The second-order valence-electron chi connectivity index (χ2n) is 5.55. The number of rotatable bonds is 6. The Morgan fingerprint density at radius 1 is 1.31 bits per heavy atom. The summed E-state index contributed by atoms with van der Waals surface area (Å²) in [5, 5.41) is 12.0. The fourth-order valence-corrected chi connectivity index (χ4v) is 3.65. The first-order valence-corrected chi connectivity index (χ1v) is 9.13. The number of benzene rings is 1. The summed E-state index contributed by atoms with van der Waals surface area (Å²) in [4.78, 5) is 26.4. The number of carbonyl (C=O) groups excluding carboxylic acids is 2. The molecule has 2 N–H and O–H groups in total. The van der Waals surface area contributed by atoms with Crippen LogP contribution in [-0.4, -0.2) is 32.7 Å². The van der Waals surface area contributed by atoms with E-state index in [0.29, 0.717) is 33.6 Å². The number of hydrogen-bond acceptors (Lipinski definition) is 6. The Bertz CT molecular complexity index is 845. The number of phenolic OH excluding ortho intramolecular Hbond substituents is 1. The van der Waals surface area contributed by atoms with Crippen LogP contribution in [0.15, 0.2) is 52.0 Å². The maximum atomic E-state index is 12.4. The Kier molecular flexibility index (Phi) is 5.75. The monoisotopic (exact) mass is 388 g/mol. The van der Waals surface area contributed by atoms with Crippen LogP contribution in [0.1, 0.15) is 18.6 Å². The van der Waals surface area contributed by atoms with Gasteiger partial charge in [-0.25, -0.2) is 0 Å². The highest BCUT2D eigenvalue weighted by Gasteiger charge is 2.31. The number of hydrogen-bond donors (Lipinski definition) is 2. The molecule has 0 radical (unpaired) electrons. The first kappa shape index (κ1) is 18.2. The molecule has 1 aliphatic heterocycles. The molecule has 26 heavy (non-hydrogen) atoms. The number of furan rings is 1. The third-order valence-electron chi connectivity index (χ3n) is 3.63. The van der Waals surface area contributed by atoms with Crippen molar-refractivity contribution >= 4 is 51.9 Å². The van der Waals surface area contributed by atoms with E-state index < -0.39 is 0 Å². The lowest BCUT2D eigenvalue weighted by molar-refractivity contribution is -0.122. The summed E-state index contributed by atoms with van der Waals surface area (Å²) in [6.45, 7) is 0.378. The summed E-state index contributed by atoms with van der Waals surface area (Å²) in [6.07, 6.45) is 3.95. The van der Waals surface area contributed by atoms with Crippen LogP contribution in [0.5, 0.6) is 5.75 Å². The van der Waals surface area contributed by atoms with Gasteiger partial charge in [0.25, 0.3) is 5.91 Å². The summed E-state index contributed by atoms with van der Waals surface area (Å²) < 4.78 is 5.70. The van der Waals surface area contributed by atoms with Crippen LogP contribution in [0.4, 0.5) is 5.69 Å².